The van der Waals surface area contributed by atoms with Crippen molar-refractivity contribution in [2.75, 3.05) is 10.6 Å². The highest BCUT2D eigenvalue weighted by Gasteiger charge is 2.10. The van der Waals surface area contributed by atoms with Crippen LogP contribution >= 0.6 is 23.8 Å². The first kappa shape index (κ1) is 21.0. The molecule has 2 aromatic carbocycles. The zero-order valence-corrected chi connectivity index (χ0v) is 17.7. The Morgan fingerprint density at radius 3 is 2.68 bits per heavy atom. The Morgan fingerprint density at radius 1 is 1.03 bits per heavy atom. The maximum Gasteiger partial charge on any atom is 0.176 e. The van der Waals surface area contributed by atoms with Crippen LogP contribution in [0, 0.1) is 11.6 Å². The molecule has 2 heterocycles. The van der Waals surface area contributed by atoms with E-state index in [2.05, 4.69) is 20.8 Å². The second-order valence-electron chi connectivity index (χ2n) is 6.73. The van der Waals surface area contributed by atoms with Gasteiger partial charge in [-0.05, 0) is 42.0 Å². The Balaban J connectivity index is 1.34. The molecule has 0 atom stereocenters. The number of benzene rings is 2. The Morgan fingerprint density at radius 2 is 1.87 bits per heavy atom. The number of halogens is 3. The van der Waals surface area contributed by atoms with Gasteiger partial charge in [0.1, 0.15) is 11.6 Å². The summed E-state index contributed by atoms with van der Waals surface area (Å²) in [5.41, 5.74) is 1.84. The molecule has 2 N–H and O–H groups in total. The fourth-order valence-corrected chi connectivity index (χ4v) is 3.42. The second-order valence-corrected chi connectivity index (χ2v) is 7.55. The van der Waals surface area contributed by atoms with Gasteiger partial charge in [-0.1, -0.05) is 29.8 Å². The van der Waals surface area contributed by atoms with Crippen LogP contribution in [0.3, 0.4) is 0 Å². The molecule has 0 amide bonds. The van der Waals surface area contributed by atoms with Gasteiger partial charge in [0.25, 0.3) is 0 Å². The lowest BCUT2D eigenvalue weighted by Gasteiger charge is -2.07. The van der Waals surface area contributed by atoms with Gasteiger partial charge in [-0.2, -0.15) is 10.2 Å². The number of aromatic nitrogens is 4. The molecule has 0 saturated heterocycles. The number of rotatable bonds is 6. The fourth-order valence-electron chi connectivity index (χ4n) is 2.98. The summed E-state index contributed by atoms with van der Waals surface area (Å²) >= 11 is 11.4. The number of anilines is 2. The first-order chi connectivity index (χ1) is 15.0. The molecule has 2 aromatic heterocycles. The molecule has 0 bridgehead atoms. The van der Waals surface area contributed by atoms with Crippen molar-refractivity contribution in [1.82, 2.24) is 19.6 Å². The van der Waals surface area contributed by atoms with Crippen LogP contribution in [0.25, 0.3) is 0 Å². The normalized spacial score (nSPS) is 10.8. The highest BCUT2D eigenvalue weighted by atomic mass is 35.5. The molecule has 10 heteroatoms. The predicted molar refractivity (Wildman–Crippen MR) is 120 cm³/mol. The largest absolute Gasteiger partial charge is 0.330 e. The molecule has 0 saturated carbocycles. The van der Waals surface area contributed by atoms with Gasteiger partial charge in [0, 0.05) is 29.0 Å². The summed E-state index contributed by atoms with van der Waals surface area (Å²) in [5, 5.41) is 15.2. The van der Waals surface area contributed by atoms with Crippen LogP contribution in [-0.2, 0) is 13.1 Å². The van der Waals surface area contributed by atoms with Gasteiger partial charge in [-0.15, -0.1) is 0 Å². The summed E-state index contributed by atoms with van der Waals surface area (Å²) in [6.07, 6.45) is 5.08. The lowest BCUT2D eigenvalue weighted by Crippen LogP contribution is -2.19. The van der Waals surface area contributed by atoms with Gasteiger partial charge in [-0.3, -0.25) is 9.36 Å². The van der Waals surface area contributed by atoms with Gasteiger partial charge >= 0.3 is 0 Å². The van der Waals surface area contributed by atoms with E-state index < -0.39 is 0 Å². The number of nitrogens with zero attached hydrogens (tertiary/aromatic N) is 4. The van der Waals surface area contributed by atoms with E-state index in [0.717, 1.165) is 5.56 Å². The summed E-state index contributed by atoms with van der Waals surface area (Å²) in [6, 6.07) is 12.6. The molecular weight excluding hydrogens is 442 g/mol. The Kier molecular flexibility index (Phi) is 6.24. The van der Waals surface area contributed by atoms with Gasteiger partial charge in [0.05, 0.1) is 25.0 Å². The number of hydrogen-bond donors (Lipinski definition) is 2. The molecule has 0 aliphatic rings. The van der Waals surface area contributed by atoms with Crippen molar-refractivity contribution in [2.24, 2.45) is 0 Å². The predicted octanol–water partition coefficient (Wildman–Crippen LogP) is 4.92. The summed E-state index contributed by atoms with van der Waals surface area (Å²) in [4.78, 5) is 0. The van der Waals surface area contributed by atoms with Crippen molar-refractivity contribution in [3.8, 4) is 0 Å². The molecule has 0 aliphatic carbocycles. The molecule has 0 fully saturated rings. The highest BCUT2D eigenvalue weighted by molar-refractivity contribution is 7.80. The minimum Gasteiger partial charge on any atom is -0.330 e. The zero-order valence-electron chi connectivity index (χ0n) is 16.1. The van der Waals surface area contributed by atoms with Gasteiger partial charge < -0.3 is 10.6 Å². The lowest BCUT2D eigenvalue weighted by molar-refractivity contribution is 0.586. The first-order valence-corrected chi connectivity index (χ1v) is 10.1. The van der Waals surface area contributed by atoms with Crippen LogP contribution in [0.4, 0.5) is 20.3 Å². The average molecular weight is 459 g/mol. The molecule has 4 aromatic rings. The molecule has 158 valence electrons. The van der Waals surface area contributed by atoms with Gasteiger partial charge in [0.2, 0.25) is 0 Å². The summed E-state index contributed by atoms with van der Waals surface area (Å²) in [6.45, 7) is 0.628. The minimum absolute atomic E-state index is 0.195. The summed E-state index contributed by atoms with van der Waals surface area (Å²) in [5.74, 6) is -0.174. The average Bonchev–Trinajstić information content (AvgIpc) is 3.34. The van der Waals surface area contributed by atoms with Crippen LogP contribution in [0.15, 0.2) is 67.1 Å². The van der Waals surface area contributed by atoms with Crippen molar-refractivity contribution in [3.05, 3.63) is 94.9 Å². The van der Waals surface area contributed by atoms with Crippen LogP contribution in [0.2, 0.25) is 5.02 Å². The molecule has 0 aliphatic heterocycles. The fraction of sp³-hybridized carbons (Fsp3) is 0.0952. The van der Waals surface area contributed by atoms with E-state index in [4.69, 9.17) is 23.8 Å². The van der Waals surface area contributed by atoms with Crippen LogP contribution in [0.1, 0.15) is 11.1 Å². The number of nitrogens with one attached hydrogen (secondary N) is 2. The molecule has 0 spiro atoms. The quantitative estimate of drug-likeness (QED) is 0.402. The van der Waals surface area contributed by atoms with Crippen molar-refractivity contribution in [2.45, 2.75) is 13.1 Å². The molecular formula is C21H17ClF2N6S. The number of thiocarbonyl (C=S) groups is 1. The van der Waals surface area contributed by atoms with Crippen molar-refractivity contribution >= 4 is 40.4 Å². The Bertz CT molecular complexity index is 1200. The van der Waals surface area contributed by atoms with E-state index in [1.54, 1.807) is 52.2 Å². The molecule has 4 rings (SSSR count). The van der Waals surface area contributed by atoms with Crippen molar-refractivity contribution in [3.63, 3.8) is 0 Å². The standard InChI is InChI=1S/C21H17ClF2N6S/c22-18-5-2-6-19(24)17(18)13-29-8-7-20(28-29)27-21(31)26-16-10-25-30(12-16)11-14-3-1-4-15(23)9-14/h1-10,12H,11,13H2,(H2,26,27,28,31). The van der Waals surface area contributed by atoms with Crippen molar-refractivity contribution in [1.29, 1.82) is 0 Å². The number of hydrogen-bond acceptors (Lipinski definition) is 3. The van der Waals surface area contributed by atoms with E-state index in [-0.39, 0.29) is 18.2 Å². The maximum absolute atomic E-state index is 14.0. The van der Waals surface area contributed by atoms with Gasteiger partial charge in [-0.25, -0.2) is 8.78 Å². The van der Waals surface area contributed by atoms with E-state index >= 15 is 0 Å². The van der Waals surface area contributed by atoms with E-state index in [1.165, 1.54) is 18.2 Å². The third kappa shape index (κ3) is 5.44. The molecule has 0 radical (unpaired) electrons. The van der Waals surface area contributed by atoms with E-state index in [9.17, 15) is 8.78 Å². The Hall–Kier alpha value is -3.30. The zero-order chi connectivity index (χ0) is 21.8. The first-order valence-electron chi connectivity index (χ1n) is 9.27. The van der Waals surface area contributed by atoms with Crippen LogP contribution in [0.5, 0.6) is 0 Å². The van der Waals surface area contributed by atoms with Crippen molar-refractivity contribution < 1.29 is 8.78 Å². The topological polar surface area (TPSA) is 59.7 Å². The van der Waals surface area contributed by atoms with Crippen LogP contribution < -0.4 is 10.6 Å². The SMILES string of the molecule is Fc1cccc(Cn2cc(NC(=S)Nc3ccn(Cc4c(F)cccc4Cl)n3)cn2)c1. The molecule has 0 unspecified atom stereocenters. The van der Waals surface area contributed by atoms with E-state index in [0.29, 0.717) is 33.7 Å². The summed E-state index contributed by atoms with van der Waals surface area (Å²) in [7, 11) is 0. The maximum atomic E-state index is 14.0. The summed E-state index contributed by atoms with van der Waals surface area (Å²) < 4.78 is 30.5. The second kappa shape index (κ2) is 9.23. The van der Waals surface area contributed by atoms with Gasteiger partial charge in [0.15, 0.2) is 10.9 Å². The van der Waals surface area contributed by atoms with Crippen LogP contribution in [-0.4, -0.2) is 24.7 Å². The third-order valence-electron chi connectivity index (χ3n) is 4.39. The molecule has 31 heavy (non-hydrogen) atoms. The molecule has 6 nitrogen and oxygen atoms in total. The smallest absolute Gasteiger partial charge is 0.176 e. The Labute approximate surface area is 187 Å². The lowest BCUT2D eigenvalue weighted by atomic mass is 10.2. The highest BCUT2D eigenvalue weighted by Crippen LogP contribution is 2.20. The van der Waals surface area contributed by atoms with E-state index in [1.807, 2.05) is 6.07 Å². The third-order valence-corrected chi connectivity index (χ3v) is 4.95. The monoisotopic (exact) mass is 458 g/mol. The minimum atomic E-state index is -0.384.